The van der Waals surface area contributed by atoms with E-state index in [2.05, 4.69) is 15.2 Å². The average molecular weight is 754 g/mol. The van der Waals surface area contributed by atoms with Gasteiger partial charge in [0.1, 0.15) is 31.0 Å². The van der Waals surface area contributed by atoms with E-state index in [4.69, 9.17) is 14.7 Å². The molecule has 2 aliphatic rings. The fourth-order valence-corrected chi connectivity index (χ4v) is 9.60. The second-order valence-electron chi connectivity index (χ2n) is 14.1. The maximum Gasteiger partial charge on any atom is 0.264 e. The molecule has 0 spiro atoms. The predicted octanol–water partition coefficient (Wildman–Crippen LogP) is 3.96. The van der Waals surface area contributed by atoms with Gasteiger partial charge < -0.3 is 35.0 Å². The van der Waals surface area contributed by atoms with Gasteiger partial charge in [0.15, 0.2) is 16.1 Å². The van der Waals surface area contributed by atoms with Crippen LogP contribution >= 0.6 is 0 Å². The van der Waals surface area contributed by atoms with Gasteiger partial charge in [-0.25, -0.2) is 13.3 Å². The number of unbranched alkanes of at least 4 members (excludes halogenated alkanes) is 1. The van der Waals surface area contributed by atoms with Crippen molar-refractivity contribution < 1.29 is 48.2 Å². The van der Waals surface area contributed by atoms with E-state index < -0.39 is 70.4 Å². The number of ether oxygens (including phenoxy) is 2. The molecule has 0 radical (unpaired) electrons. The van der Waals surface area contributed by atoms with Crippen molar-refractivity contribution in [3.8, 4) is 0 Å². The molecule has 14 heteroatoms. The van der Waals surface area contributed by atoms with Gasteiger partial charge in [0.25, 0.3) is 5.91 Å². The number of anilines is 1. The predicted molar refractivity (Wildman–Crippen MR) is 200 cm³/mol. The number of amides is 1. The monoisotopic (exact) mass is 753 g/mol. The average Bonchev–Trinajstić information content (AvgIpc) is 3.21. The lowest BCUT2D eigenvalue weighted by atomic mass is 9.69. The minimum absolute atomic E-state index is 0.0608. The normalized spacial score (nSPS) is 28.3. The second kappa shape index (κ2) is 17.6. The first-order chi connectivity index (χ1) is 25.3. The van der Waals surface area contributed by atoms with E-state index in [0.717, 1.165) is 30.3 Å². The second-order valence-corrected chi connectivity index (χ2v) is 16.1. The lowest BCUT2D eigenvalue weighted by Crippen LogP contribution is -2.64. The Morgan fingerprint density at radius 3 is 2.47 bits per heavy atom. The molecule has 5 rings (SSSR count). The highest BCUT2D eigenvalue weighted by Gasteiger charge is 2.49. The zero-order valence-corrected chi connectivity index (χ0v) is 31.4. The van der Waals surface area contributed by atoms with Crippen LogP contribution in [0.25, 0.3) is 0 Å². The Morgan fingerprint density at radius 2 is 1.79 bits per heavy atom. The van der Waals surface area contributed by atoms with Crippen LogP contribution in [0.3, 0.4) is 0 Å². The summed E-state index contributed by atoms with van der Waals surface area (Å²) in [4.78, 5) is 23.8. The van der Waals surface area contributed by atoms with Gasteiger partial charge >= 0.3 is 0 Å². The standard InChI is InChI=1S/C39H51N3O10S/c1-5-7-18-39(6-2)24-53(48,49)31-17-16-28(42(3)4)20-29(31)33(37(39)46)26-14-11-15-27(19-26)40-21-32(43)41-38-35(45)36(34(44)30(52-38)23-51-47)50-22-25-12-9-8-10-13-25/h8-17,19-21,30,33-38,44-47H,5-7,18,22-24H2,1-4H3,(H,41,43)/b40-21+/t30-,33-,34-,35-,36+,37-,38-,39-/m1/s1. The fraction of sp³-hybridized carbons (Fsp3) is 0.487. The van der Waals surface area contributed by atoms with Gasteiger partial charge in [0, 0.05) is 31.1 Å². The van der Waals surface area contributed by atoms with Crippen molar-refractivity contribution >= 4 is 33.3 Å². The van der Waals surface area contributed by atoms with Gasteiger partial charge in [-0.05, 0) is 59.9 Å². The van der Waals surface area contributed by atoms with Gasteiger partial charge in [0.2, 0.25) is 0 Å². The molecule has 1 fully saturated rings. The molecule has 1 amide bonds. The lowest BCUT2D eigenvalue weighted by Gasteiger charge is -2.42. The molecule has 3 aromatic carbocycles. The van der Waals surface area contributed by atoms with E-state index in [1.807, 2.05) is 75.3 Å². The maximum absolute atomic E-state index is 14.0. The van der Waals surface area contributed by atoms with Crippen LogP contribution in [0.4, 0.5) is 11.4 Å². The summed E-state index contributed by atoms with van der Waals surface area (Å²) in [5, 5.41) is 45.8. The van der Waals surface area contributed by atoms with E-state index in [9.17, 15) is 28.5 Å². The quantitative estimate of drug-likeness (QED) is 0.0912. The largest absolute Gasteiger partial charge is 0.392 e. The number of aliphatic hydroxyl groups excluding tert-OH is 3. The van der Waals surface area contributed by atoms with Crippen LogP contribution in [0.1, 0.15) is 62.1 Å². The number of aliphatic imine (C=N–C) groups is 1. The number of carbonyl (C=O) groups is 1. The summed E-state index contributed by atoms with van der Waals surface area (Å²) in [7, 11) is -0.0293. The number of fused-ring (bicyclic) bond motifs is 1. The summed E-state index contributed by atoms with van der Waals surface area (Å²) in [6.45, 7) is 3.58. The molecule has 5 N–H and O–H groups in total. The number of benzene rings is 3. The van der Waals surface area contributed by atoms with Crippen molar-refractivity contribution in [2.75, 3.05) is 31.4 Å². The maximum atomic E-state index is 14.0. The van der Waals surface area contributed by atoms with E-state index >= 15 is 0 Å². The molecular weight excluding hydrogens is 703 g/mol. The van der Waals surface area contributed by atoms with Crippen molar-refractivity contribution in [2.24, 2.45) is 10.4 Å². The first kappa shape index (κ1) is 40.5. The van der Waals surface area contributed by atoms with Crippen LogP contribution in [0, 0.1) is 5.41 Å². The summed E-state index contributed by atoms with van der Waals surface area (Å²) in [6.07, 6.45) is -3.96. The number of aliphatic hydroxyl groups is 3. The van der Waals surface area contributed by atoms with E-state index in [1.54, 1.807) is 30.3 Å². The van der Waals surface area contributed by atoms with Gasteiger partial charge in [0.05, 0.1) is 35.3 Å². The molecule has 8 atom stereocenters. The Bertz CT molecular complexity index is 1820. The topological polar surface area (TPSA) is 187 Å². The van der Waals surface area contributed by atoms with Crippen molar-refractivity contribution in [1.29, 1.82) is 0 Å². The molecule has 13 nitrogen and oxygen atoms in total. The molecule has 0 aliphatic carbocycles. The summed E-state index contributed by atoms with van der Waals surface area (Å²) in [5.41, 5.74) is 2.20. The third-order valence-electron chi connectivity index (χ3n) is 10.4. The molecule has 0 bridgehead atoms. The zero-order valence-electron chi connectivity index (χ0n) is 30.5. The first-order valence-electron chi connectivity index (χ1n) is 17.9. The third-order valence-corrected chi connectivity index (χ3v) is 12.4. The minimum atomic E-state index is -3.77. The molecule has 2 aliphatic heterocycles. The Labute approximate surface area is 311 Å². The number of hydrogen-bond donors (Lipinski definition) is 5. The van der Waals surface area contributed by atoms with Gasteiger partial charge in [-0.3, -0.25) is 15.0 Å². The smallest absolute Gasteiger partial charge is 0.264 e. The van der Waals surface area contributed by atoms with Crippen molar-refractivity contribution in [1.82, 2.24) is 5.32 Å². The van der Waals surface area contributed by atoms with Crippen LogP contribution in [0.2, 0.25) is 0 Å². The molecule has 0 unspecified atom stereocenters. The Balaban J connectivity index is 1.42. The van der Waals surface area contributed by atoms with E-state index in [1.165, 1.54) is 0 Å². The Kier molecular flexibility index (Phi) is 13.4. The van der Waals surface area contributed by atoms with E-state index in [0.29, 0.717) is 29.7 Å². The summed E-state index contributed by atoms with van der Waals surface area (Å²) in [6, 6.07) is 21.3. The molecule has 288 valence electrons. The number of nitrogens with zero attached hydrogens (tertiary/aromatic N) is 2. The van der Waals surface area contributed by atoms with Crippen molar-refractivity contribution in [2.45, 2.75) is 93.7 Å². The third kappa shape index (κ3) is 9.15. The molecule has 3 aromatic rings. The number of sulfone groups is 1. The fourth-order valence-electron chi connectivity index (χ4n) is 7.34. The molecule has 1 saturated heterocycles. The Hall–Kier alpha value is -3.73. The number of rotatable bonds is 14. The van der Waals surface area contributed by atoms with Gasteiger partial charge in [-0.2, -0.15) is 0 Å². The van der Waals surface area contributed by atoms with E-state index in [-0.39, 0.29) is 17.3 Å². The van der Waals surface area contributed by atoms with Crippen LogP contribution in [-0.4, -0.2) is 104 Å². The summed E-state index contributed by atoms with van der Waals surface area (Å²) >= 11 is 0. The highest BCUT2D eigenvalue weighted by Crippen LogP contribution is 2.49. The number of nitrogens with one attached hydrogen (secondary N) is 1. The van der Waals surface area contributed by atoms with Crippen molar-refractivity contribution in [3.05, 3.63) is 89.5 Å². The number of hydrogen-bond acceptors (Lipinski definition) is 12. The molecule has 2 heterocycles. The first-order valence-corrected chi connectivity index (χ1v) is 19.6. The zero-order chi connectivity index (χ0) is 38.3. The Morgan fingerprint density at radius 1 is 1.04 bits per heavy atom. The van der Waals surface area contributed by atoms with Gasteiger partial charge in [-0.15, -0.1) is 0 Å². The SMILES string of the molecule is CCCC[C@]1(CC)CS(=O)(=O)c2ccc(N(C)C)cc2[C@@H](c2cccc(/N=C/C(=O)N[C@@H]3O[C@H](COO)[C@@H](O)[C@H](OCc4ccccc4)[C@H]3O)c2)[C@H]1O. The molecule has 0 saturated carbocycles. The summed E-state index contributed by atoms with van der Waals surface area (Å²) in [5.74, 6) is -1.61. The molecule has 0 aromatic heterocycles. The van der Waals surface area contributed by atoms with Crippen LogP contribution in [-0.2, 0) is 35.6 Å². The number of carbonyl (C=O) groups excluding carboxylic acids is 1. The van der Waals surface area contributed by atoms with Crippen LogP contribution in [0.5, 0.6) is 0 Å². The van der Waals surface area contributed by atoms with Crippen LogP contribution in [0.15, 0.2) is 82.7 Å². The minimum Gasteiger partial charge on any atom is -0.392 e. The lowest BCUT2D eigenvalue weighted by molar-refractivity contribution is -0.303. The highest BCUT2D eigenvalue weighted by molar-refractivity contribution is 7.91. The van der Waals surface area contributed by atoms with Crippen molar-refractivity contribution in [3.63, 3.8) is 0 Å². The highest BCUT2D eigenvalue weighted by atomic mass is 32.2. The van der Waals surface area contributed by atoms with Crippen LogP contribution < -0.4 is 10.2 Å². The molecular formula is C39H51N3O10S. The van der Waals surface area contributed by atoms with Gasteiger partial charge in [-0.1, -0.05) is 69.2 Å². The molecule has 53 heavy (non-hydrogen) atoms. The summed E-state index contributed by atoms with van der Waals surface area (Å²) < 4.78 is 39.5.